The predicted octanol–water partition coefficient (Wildman–Crippen LogP) is 2.24. The number of piperazine rings is 1. The summed E-state index contributed by atoms with van der Waals surface area (Å²) in [4.78, 5) is 39.6. The quantitative estimate of drug-likeness (QED) is 0.818. The van der Waals surface area contributed by atoms with Gasteiger partial charge in [-0.1, -0.05) is 42.5 Å². The Morgan fingerprint density at radius 1 is 0.828 bits per heavy atom. The molecule has 1 N–H and O–H groups in total. The van der Waals surface area contributed by atoms with E-state index in [4.69, 9.17) is 0 Å². The first-order chi connectivity index (χ1) is 14.0. The van der Waals surface area contributed by atoms with Crippen molar-refractivity contribution < 1.29 is 14.4 Å². The molecule has 3 rings (SSSR count). The molecule has 152 valence electrons. The van der Waals surface area contributed by atoms with Gasteiger partial charge in [0.1, 0.15) is 0 Å². The molecule has 1 heterocycles. The third-order valence-electron chi connectivity index (χ3n) is 5.19. The van der Waals surface area contributed by atoms with Crippen LogP contribution in [-0.4, -0.2) is 53.7 Å². The lowest BCUT2D eigenvalue weighted by Crippen LogP contribution is -2.50. The van der Waals surface area contributed by atoms with Gasteiger partial charge in [-0.25, -0.2) is 0 Å². The van der Waals surface area contributed by atoms with Crippen LogP contribution in [0.4, 0.5) is 0 Å². The number of carbonyl (C=O) groups excluding carboxylic acids is 3. The Morgan fingerprint density at radius 2 is 1.45 bits per heavy atom. The van der Waals surface area contributed by atoms with Gasteiger partial charge in [0.25, 0.3) is 5.91 Å². The molecule has 0 saturated carbocycles. The molecule has 2 aromatic rings. The minimum Gasteiger partial charge on any atom is -0.352 e. The van der Waals surface area contributed by atoms with E-state index in [1.165, 1.54) is 0 Å². The molecule has 0 atom stereocenters. The lowest BCUT2D eigenvalue weighted by atomic mass is 10.1. The van der Waals surface area contributed by atoms with Gasteiger partial charge in [-0.3, -0.25) is 14.4 Å². The monoisotopic (exact) mass is 393 g/mol. The summed E-state index contributed by atoms with van der Waals surface area (Å²) < 4.78 is 0. The third kappa shape index (κ3) is 5.91. The highest BCUT2D eigenvalue weighted by molar-refractivity contribution is 5.94. The Labute approximate surface area is 171 Å². The SMILES string of the molecule is CC(=O)N1CCN(C(=O)c2ccc(CNC(=O)CCc3ccccc3)cc2)CC1. The summed E-state index contributed by atoms with van der Waals surface area (Å²) in [5.41, 5.74) is 2.73. The molecule has 2 aromatic carbocycles. The van der Waals surface area contributed by atoms with Crippen molar-refractivity contribution >= 4 is 17.7 Å². The van der Waals surface area contributed by atoms with Crippen LogP contribution >= 0.6 is 0 Å². The largest absolute Gasteiger partial charge is 0.352 e. The summed E-state index contributed by atoms with van der Waals surface area (Å²) >= 11 is 0. The zero-order valence-corrected chi connectivity index (χ0v) is 16.8. The van der Waals surface area contributed by atoms with Gasteiger partial charge in [-0.05, 0) is 29.7 Å². The first-order valence-electron chi connectivity index (χ1n) is 9.97. The van der Waals surface area contributed by atoms with Gasteiger partial charge in [0.15, 0.2) is 0 Å². The first kappa shape index (κ1) is 20.6. The Morgan fingerprint density at radius 3 is 2.07 bits per heavy atom. The molecule has 1 aliphatic heterocycles. The standard InChI is InChI=1S/C23H27N3O3/c1-18(27)25-13-15-26(16-14-25)23(29)21-10-7-20(8-11-21)17-24-22(28)12-9-19-5-3-2-4-6-19/h2-8,10-11H,9,12-17H2,1H3,(H,24,28). The fourth-order valence-corrected chi connectivity index (χ4v) is 3.36. The fourth-order valence-electron chi connectivity index (χ4n) is 3.36. The van der Waals surface area contributed by atoms with Crippen molar-refractivity contribution in [2.75, 3.05) is 26.2 Å². The average Bonchev–Trinajstić information content (AvgIpc) is 2.77. The van der Waals surface area contributed by atoms with Crippen LogP contribution in [0.1, 0.15) is 34.8 Å². The number of rotatable bonds is 6. The van der Waals surface area contributed by atoms with E-state index >= 15 is 0 Å². The van der Waals surface area contributed by atoms with Crippen LogP contribution in [0.2, 0.25) is 0 Å². The molecule has 0 aliphatic carbocycles. The minimum absolute atomic E-state index is 0.0114. The molecule has 1 fully saturated rings. The topological polar surface area (TPSA) is 69.7 Å². The van der Waals surface area contributed by atoms with Crippen LogP contribution in [-0.2, 0) is 22.6 Å². The lowest BCUT2D eigenvalue weighted by Gasteiger charge is -2.34. The average molecular weight is 393 g/mol. The van der Waals surface area contributed by atoms with Crippen LogP contribution in [0.3, 0.4) is 0 Å². The number of hydrogen-bond donors (Lipinski definition) is 1. The first-order valence-corrected chi connectivity index (χ1v) is 9.97. The van der Waals surface area contributed by atoms with Crippen LogP contribution in [0.5, 0.6) is 0 Å². The molecular weight excluding hydrogens is 366 g/mol. The molecule has 0 bridgehead atoms. The van der Waals surface area contributed by atoms with Gasteiger partial charge in [-0.15, -0.1) is 0 Å². The van der Waals surface area contributed by atoms with Crippen LogP contribution in [0, 0.1) is 0 Å². The summed E-state index contributed by atoms with van der Waals surface area (Å²) in [5, 5.41) is 2.92. The van der Waals surface area contributed by atoms with E-state index in [1.54, 1.807) is 28.9 Å². The van der Waals surface area contributed by atoms with Gasteiger partial charge in [-0.2, -0.15) is 0 Å². The van der Waals surface area contributed by atoms with E-state index in [2.05, 4.69) is 5.32 Å². The zero-order chi connectivity index (χ0) is 20.6. The Kier molecular flexibility index (Phi) is 7.00. The number of amides is 3. The van der Waals surface area contributed by atoms with Gasteiger partial charge in [0.2, 0.25) is 11.8 Å². The maximum atomic E-state index is 12.6. The van der Waals surface area contributed by atoms with Gasteiger partial charge in [0, 0.05) is 51.6 Å². The van der Waals surface area contributed by atoms with Crippen molar-refractivity contribution in [1.82, 2.24) is 15.1 Å². The maximum Gasteiger partial charge on any atom is 0.253 e. The van der Waals surface area contributed by atoms with Crippen molar-refractivity contribution in [2.45, 2.75) is 26.3 Å². The Hall–Kier alpha value is -3.15. The minimum atomic E-state index is -0.0216. The molecule has 6 heteroatoms. The summed E-state index contributed by atoms with van der Waals surface area (Å²) in [6, 6.07) is 17.3. The Balaban J connectivity index is 1.44. The van der Waals surface area contributed by atoms with E-state index in [0.717, 1.165) is 17.5 Å². The van der Waals surface area contributed by atoms with Crippen molar-refractivity contribution in [1.29, 1.82) is 0 Å². The van der Waals surface area contributed by atoms with E-state index in [1.807, 2.05) is 42.5 Å². The molecule has 0 spiro atoms. The second-order valence-corrected chi connectivity index (χ2v) is 7.26. The molecule has 29 heavy (non-hydrogen) atoms. The normalized spacial score (nSPS) is 13.8. The van der Waals surface area contributed by atoms with Crippen molar-refractivity contribution in [3.05, 3.63) is 71.3 Å². The van der Waals surface area contributed by atoms with Crippen molar-refractivity contribution in [2.24, 2.45) is 0 Å². The zero-order valence-electron chi connectivity index (χ0n) is 16.8. The van der Waals surface area contributed by atoms with Crippen LogP contribution < -0.4 is 5.32 Å². The molecule has 3 amide bonds. The van der Waals surface area contributed by atoms with Gasteiger partial charge < -0.3 is 15.1 Å². The summed E-state index contributed by atoms with van der Waals surface area (Å²) in [5.74, 6) is 0.0382. The molecule has 6 nitrogen and oxygen atoms in total. The van der Waals surface area contributed by atoms with Gasteiger partial charge >= 0.3 is 0 Å². The second-order valence-electron chi connectivity index (χ2n) is 7.26. The second kappa shape index (κ2) is 9.87. The van der Waals surface area contributed by atoms with E-state index in [0.29, 0.717) is 44.7 Å². The summed E-state index contributed by atoms with van der Waals surface area (Å²) in [6.07, 6.45) is 1.17. The number of carbonyl (C=O) groups is 3. The van der Waals surface area contributed by atoms with Crippen molar-refractivity contribution in [3.63, 3.8) is 0 Å². The highest BCUT2D eigenvalue weighted by Gasteiger charge is 2.23. The van der Waals surface area contributed by atoms with E-state index in [9.17, 15) is 14.4 Å². The maximum absolute atomic E-state index is 12.6. The number of aryl methyl sites for hydroxylation is 1. The molecule has 0 aromatic heterocycles. The number of nitrogens with one attached hydrogen (secondary N) is 1. The third-order valence-corrected chi connectivity index (χ3v) is 5.19. The highest BCUT2D eigenvalue weighted by Crippen LogP contribution is 2.11. The Bertz CT molecular complexity index is 841. The predicted molar refractivity (Wildman–Crippen MR) is 111 cm³/mol. The molecule has 1 aliphatic rings. The van der Waals surface area contributed by atoms with Crippen molar-refractivity contribution in [3.8, 4) is 0 Å². The summed E-state index contributed by atoms with van der Waals surface area (Å²) in [6.45, 7) is 4.26. The molecule has 0 unspecified atom stereocenters. The fraction of sp³-hybridized carbons (Fsp3) is 0.348. The number of hydrogen-bond acceptors (Lipinski definition) is 3. The number of nitrogens with zero attached hydrogens (tertiary/aromatic N) is 2. The number of benzene rings is 2. The molecular formula is C23H27N3O3. The smallest absolute Gasteiger partial charge is 0.253 e. The van der Waals surface area contributed by atoms with Crippen LogP contribution in [0.15, 0.2) is 54.6 Å². The highest BCUT2D eigenvalue weighted by atomic mass is 16.2. The van der Waals surface area contributed by atoms with Crippen LogP contribution in [0.25, 0.3) is 0 Å². The molecule has 1 saturated heterocycles. The van der Waals surface area contributed by atoms with E-state index in [-0.39, 0.29) is 17.7 Å². The lowest BCUT2D eigenvalue weighted by molar-refractivity contribution is -0.130. The van der Waals surface area contributed by atoms with Gasteiger partial charge in [0.05, 0.1) is 0 Å². The summed E-state index contributed by atoms with van der Waals surface area (Å²) in [7, 11) is 0. The molecule has 0 radical (unpaired) electrons. The van der Waals surface area contributed by atoms with E-state index < -0.39 is 0 Å².